The van der Waals surface area contributed by atoms with Crippen LogP contribution < -0.4 is 0 Å². The number of allylic oxidation sites excluding steroid dienone is 1. The van der Waals surface area contributed by atoms with Gasteiger partial charge in [0.15, 0.2) is 0 Å². The Morgan fingerprint density at radius 2 is 1.69 bits per heavy atom. The summed E-state index contributed by atoms with van der Waals surface area (Å²) in [6, 6.07) is 0. The molecular formula is C12H21N. The van der Waals surface area contributed by atoms with Crippen LogP contribution in [0.15, 0.2) is 36.5 Å². The van der Waals surface area contributed by atoms with Gasteiger partial charge in [-0.15, -0.1) is 0 Å². The van der Waals surface area contributed by atoms with E-state index in [1.54, 1.807) is 0 Å². The van der Waals surface area contributed by atoms with Crippen LogP contribution in [-0.4, -0.2) is 25.0 Å². The van der Waals surface area contributed by atoms with Crippen molar-refractivity contribution in [3.8, 4) is 0 Å². The Kier molecular flexibility index (Phi) is 6.25. The number of nitrogens with zero attached hydrogens (tertiary/aromatic N) is 1. The Bertz CT molecular complexity index is 201. The van der Waals surface area contributed by atoms with Gasteiger partial charge in [-0.2, -0.15) is 0 Å². The molecule has 0 aromatic heterocycles. The van der Waals surface area contributed by atoms with E-state index in [0.717, 1.165) is 19.5 Å². The van der Waals surface area contributed by atoms with Gasteiger partial charge >= 0.3 is 0 Å². The molecule has 0 bridgehead atoms. The van der Waals surface area contributed by atoms with Gasteiger partial charge < -0.3 is 4.90 Å². The first kappa shape index (κ1) is 12.2. The molecule has 0 atom stereocenters. The Morgan fingerprint density at radius 3 is 2.15 bits per heavy atom. The van der Waals surface area contributed by atoms with Crippen molar-refractivity contribution in [2.45, 2.75) is 20.3 Å². The first-order valence-electron chi connectivity index (χ1n) is 4.93. The summed E-state index contributed by atoms with van der Waals surface area (Å²) in [4.78, 5) is 2.30. The average molecular weight is 179 g/mol. The molecule has 1 heterocycles. The standard InChI is InChI=1S/C10H15N.C2H6/c1-4-9-6-7-11(3)8-10(9)5-2;1-2/h4-5H,1-2,6-8H2,3H3;1-2H3. The average Bonchev–Trinajstić information content (AvgIpc) is 2.20. The molecule has 13 heavy (non-hydrogen) atoms. The summed E-state index contributed by atoms with van der Waals surface area (Å²) < 4.78 is 0. The van der Waals surface area contributed by atoms with Crippen LogP contribution in [0.3, 0.4) is 0 Å². The zero-order valence-electron chi connectivity index (χ0n) is 9.14. The fourth-order valence-corrected chi connectivity index (χ4v) is 1.37. The second-order valence-electron chi connectivity index (χ2n) is 2.95. The second-order valence-corrected chi connectivity index (χ2v) is 2.95. The van der Waals surface area contributed by atoms with Crippen molar-refractivity contribution in [1.82, 2.24) is 4.90 Å². The molecule has 0 N–H and O–H groups in total. The highest BCUT2D eigenvalue weighted by atomic mass is 15.1. The van der Waals surface area contributed by atoms with Gasteiger partial charge in [0.1, 0.15) is 0 Å². The van der Waals surface area contributed by atoms with Crippen molar-refractivity contribution in [3.63, 3.8) is 0 Å². The SMILES string of the molecule is C=CC1=C(C=C)CN(C)CC1.CC. The van der Waals surface area contributed by atoms with Gasteiger partial charge in [0, 0.05) is 13.1 Å². The molecule has 0 aromatic rings. The molecule has 0 aromatic carbocycles. The molecule has 0 radical (unpaired) electrons. The molecular weight excluding hydrogens is 158 g/mol. The molecule has 1 heteroatoms. The molecule has 0 aliphatic carbocycles. The van der Waals surface area contributed by atoms with Crippen LogP contribution in [-0.2, 0) is 0 Å². The highest BCUT2D eigenvalue weighted by Gasteiger charge is 2.10. The van der Waals surface area contributed by atoms with Crippen LogP contribution in [0.2, 0.25) is 0 Å². The predicted octanol–water partition coefficient (Wildman–Crippen LogP) is 3.02. The summed E-state index contributed by atoms with van der Waals surface area (Å²) >= 11 is 0. The minimum Gasteiger partial charge on any atom is -0.302 e. The molecule has 1 aliphatic heterocycles. The minimum absolute atomic E-state index is 1.02. The van der Waals surface area contributed by atoms with Gasteiger partial charge in [-0.1, -0.05) is 39.2 Å². The van der Waals surface area contributed by atoms with Crippen LogP contribution >= 0.6 is 0 Å². The highest BCUT2D eigenvalue weighted by Crippen LogP contribution is 2.17. The maximum Gasteiger partial charge on any atom is 0.0233 e. The van der Waals surface area contributed by atoms with Gasteiger partial charge in [0.2, 0.25) is 0 Å². The molecule has 0 fully saturated rings. The summed E-state index contributed by atoms with van der Waals surface area (Å²) in [5, 5.41) is 0. The van der Waals surface area contributed by atoms with Gasteiger partial charge in [0.05, 0.1) is 0 Å². The van der Waals surface area contributed by atoms with Crippen LogP contribution in [0.25, 0.3) is 0 Å². The molecule has 1 rings (SSSR count). The topological polar surface area (TPSA) is 3.24 Å². The maximum atomic E-state index is 3.78. The Hall–Kier alpha value is -0.820. The molecule has 1 nitrogen and oxygen atoms in total. The smallest absolute Gasteiger partial charge is 0.0233 e. The molecule has 0 unspecified atom stereocenters. The minimum atomic E-state index is 1.02. The quantitative estimate of drug-likeness (QED) is 0.630. The number of hydrogen-bond acceptors (Lipinski definition) is 1. The maximum absolute atomic E-state index is 3.78. The number of rotatable bonds is 2. The van der Waals surface area contributed by atoms with E-state index in [0.29, 0.717) is 0 Å². The summed E-state index contributed by atoms with van der Waals surface area (Å²) in [6.07, 6.45) is 5.00. The zero-order valence-corrected chi connectivity index (χ0v) is 9.14. The summed E-state index contributed by atoms with van der Waals surface area (Å²) in [7, 11) is 2.13. The van der Waals surface area contributed by atoms with Crippen LogP contribution in [0.4, 0.5) is 0 Å². The van der Waals surface area contributed by atoms with Gasteiger partial charge in [-0.25, -0.2) is 0 Å². The predicted molar refractivity (Wildman–Crippen MR) is 60.9 cm³/mol. The van der Waals surface area contributed by atoms with E-state index in [2.05, 4.69) is 25.1 Å². The molecule has 74 valence electrons. The lowest BCUT2D eigenvalue weighted by Gasteiger charge is -2.24. The van der Waals surface area contributed by atoms with Crippen molar-refractivity contribution in [3.05, 3.63) is 36.5 Å². The lowest BCUT2D eigenvalue weighted by Crippen LogP contribution is -2.26. The normalized spacial score (nSPS) is 17.5. The van der Waals surface area contributed by atoms with Crippen molar-refractivity contribution in [1.29, 1.82) is 0 Å². The van der Waals surface area contributed by atoms with E-state index in [-0.39, 0.29) is 0 Å². The van der Waals surface area contributed by atoms with Crippen molar-refractivity contribution in [2.75, 3.05) is 20.1 Å². The third-order valence-electron chi connectivity index (χ3n) is 2.11. The molecule has 0 spiro atoms. The summed E-state index contributed by atoms with van der Waals surface area (Å²) in [5.41, 5.74) is 2.69. The molecule has 0 saturated carbocycles. The molecule has 0 saturated heterocycles. The van der Waals surface area contributed by atoms with E-state index in [4.69, 9.17) is 0 Å². The first-order chi connectivity index (χ1) is 6.27. The van der Waals surface area contributed by atoms with E-state index in [1.807, 2.05) is 26.0 Å². The fourth-order valence-electron chi connectivity index (χ4n) is 1.37. The van der Waals surface area contributed by atoms with Gasteiger partial charge in [-0.3, -0.25) is 0 Å². The number of likely N-dealkylation sites (N-methyl/N-ethyl adjacent to an activating group) is 1. The van der Waals surface area contributed by atoms with E-state index >= 15 is 0 Å². The van der Waals surface area contributed by atoms with Crippen LogP contribution in [0, 0.1) is 0 Å². The van der Waals surface area contributed by atoms with Crippen LogP contribution in [0.1, 0.15) is 20.3 Å². The Morgan fingerprint density at radius 1 is 1.15 bits per heavy atom. The lowest BCUT2D eigenvalue weighted by atomic mass is 10.0. The highest BCUT2D eigenvalue weighted by molar-refractivity contribution is 5.34. The lowest BCUT2D eigenvalue weighted by molar-refractivity contribution is 0.354. The van der Waals surface area contributed by atoms with Crippen LogP contribution in [0.5, 0.6) is 0 Å². The van der Waals surface area contributed by atoms with E-state index in [1.165, 1.54) is 11.1 Å². The van der Waals surface area contributed by atoms with Gasteiger partial charge in [-0.05, 0) is 24.6 Å². The zero-order chi connectivity index (χ0) is 10.3. The Labute approximate surface area is 82.4 Å². The fraction of sp³-hybridized carbons (Fsp3) is 0.500. The molecule has 1 aliphatic rings. The third-order valence-corrected chi connectivity index (χ3v) is 2.11. The van der Waals surface area contributed by atoms with E-state index < -0.39 is 0 Å². The van der Waals surface area contributed by atoms with Crippen molar-refractivity contribution < 1.29 is 0 Å². The number of hydrogen-bond donors (Lipinski definition) is 0. The largest absolute Gasteiger partial charge is 0.302 e. The first-order valence-corrected chi connectivity index (χ1v) is 4.93. The summed E-state index contributed by atoms with van der Waals surface area (Å²) in [5.74, 6) is 0. The monoisotopic (exact) mass is 179 g/mol. The summed E-state index contributed by atoms with van der Waals surface area (Å²) in [6.45, 7) is 13.7. The van der Waals surface area contributed by atoms with E-state index in [9.17, 15) is 0 Å². The second kappa shape index (κ2) is 6.67. The molecule has 0 amide bonds. The van der Waals surface area contributed by atoms with Crippen molar-refractivity contribution in [2.24, 2.45) is 0 Å². The van der Waals surface area contributed by atoms with Crippen molar-refractivity contribution >= 4 is 0 Å². The Balaban J connectivity index is 0.000000671. The third kappa shape index (κ3) is 3.60. The van der Waals surface area contributed by atoms with Gasteiger partial charge in [0.25, 0.3) is 0 Å².